The largest absolute Gasteiger partial charge is 0.300 e. The topological polar surface area (TPSA) is 104 Å². The number of nitro groups is 1. The zero-order valence-electron chi connectivity index (χ0n) is 11.4. The maximum absolute atomic E-state index is 12.5. The molecule has 0 fully saturated rings. The lowest BCUT2D eigenvalue weighted by molar-refractivity contribution is -0.384. The second-order valence-corrected chi connectivity index (χ2v) is 8.47. The first-order valence-electron chi connectivity index (χ1n) is 6.01. The lowest BCUT2D eigenvalue weighted by Crippen LogP contribution is -2.34. The summed E-state index contributed by atoms with van der Waals surface area (Å²) in [6, 6.07) is 2.85. The van der Waals surface area contributed by atoms with Crippen molar-refractivity contribution in [1.29, 1.82) is 5.26 Å². The van der Waals surface area contributed by atoms with Gasteiger partial charge in [-0.2, -0.15) is 9.57 Å². The maximum atomic E-state index is 12.5. The average molecular weight is 352 g/mol. The molecule has 0 unspecified atom stereocenters. The maximum Gasteiger partial charge on any atom is 0.300 e. The van der Waals surface area contributed by atoms with Crippen molar-refractivity contribution in [3.8, 4) is 6.07 Å². The minimum atomic E-state index is -3.89. The molecule has 0 N–H and O–H groups in total. The molecule has 0 spiro atoms. The number of nitrogens with zero attached hydrogens (tertiary/aromatic N) is 3. The molecule has 1 heterocycles. The van der Waals surface area contributed by atoms with Crippen LogP contribution in [0.4, 0.5) is 5.69 Å². The van der Waals surface area contributed by atoms with Crippen LogP contribution in [0.25, 0.3) is 0 Å². The van der Waals surface area contributed by atoms with Crippen LogP contribution in [0.2, 0.25) is 4.34 Å². The fraction of sp³-hybridized carbons (Fsp3) is 0.545. The number of hydrogen-bond acceptors (Lipinski definition) is 6. The summed E-state index contributed by atoms with van der Waals surface area (Å²) in [5.41, 5.74) is -0.426. The molecular weight excluding hydrogens is 338 g/mol. The summed E-state index contributed by atoms with van der Waals surface area (Å²) < 4.78 is 25.8. The molecule has 0 saturated heterocycles. The van der Waals surface area contributed by atoms with E-state index in [9.17, 15) is 18.5 Å². The van der Waals surface area contributed by atoms with Gasteiger partial charge in [-0.25, -0.2) is 8.42 Å². The van der Waals surface area contributed by atoms with Crippen molar-refractivity contribution >= 4 is 38.6 Å². The summed E-state index contributed by atoms with van der Waals surface area (Å²) in [5, 5.41) is 19.4. The number of sulfonamides is 1. The highest BCUT2D eigenvalue weighted by Crippen LogP contribution is 2.37. The molecule has 7 nitrogen and oxygen atoms in total. The summed E-state index contributed by atoms with van der Waals surface area (Å²) >= 11 is 6.35. The minimum Gasteiger partial charge on any atom is -0.258 e. The van der Waals surface area contributed by atoms with Crippen molar-refractivity contribution < 1.29 is 13.3 Å². The fourth-order valence-electron chi connectivity index (χ4n) is 1.61. The van der Waals surface area contributed by atoms with Gasteiger partial charge in [0, 0.05) is 25.6 Å². The van der Waals surface area contributed by atoms with Crippen LogP contribution >= 0.6 is 22.9 Å². The van der Waals surface area contributed by atoms with Crippen molar-refractivity contribution in [3.05, 3.63) is 20.5 Å². The quantitative estimate of drug-likeness (QED) is 0.554. The number of nitriles is 1. The highest BCUT2D eigenvalue weighted by molar-refractivity contribution is 7.91. The van der Waals surface area contributed by atoms with E-state index in [1.54, 1.807) is 0 Å². The van der Waals surface area contributed by atoms with Crippen molar-refractivity contribution in [2.24, 2.45) is 5.92 Å². The van der Waals surface area contributed by atoms with Crippen molar-refractivity contribution in [2.45, 2.75) is 24.5 Å². The molecular formula is C11H14ClN3O4S2. The van der Waals surface area contributed by atoms with Gasteiger partial charge in [-0.3, -0.25) is 10.1 Å². The van der Waals surface area contributed by atoms with Crippen LogP contribution in [0, 0.1) is 27.4 Å². The molecule has 0 radical (unpaired) electrons. The molecule has 0 bridgehead atoms. The average Bonchev–Trinajstić information content (AvgIpc) is 2.76. The van der Waals surface area contributed by atoms with Gasteiger partial charge in [0.15, 0.2) is 4.34 Å². The molecule has 1 aromatic heterocycles. The van der Waals surface area contributed by atoms with E-state index < -0.39 is 20.6 Å². The Bertz CT molecular complexity index is 663. The SMILES string of the molecule is CC(C)CN(CCC#N)S(=O)(=O)c1cc([N+](=O)[O-])c(Cl)s1. The lowest BCUT2D eigenvalue weighted by atomic mass is 10.2. The van der Waals surface area contributed by atoms with Gasteiger partial charge in [-0.1, -0.05) is 25.4 Å². The van der Waals surface area contributed by atoms with E-state index in [0.717, 1.165) is 10.4 Å². The van der Waals surface area contributed by atoms with Crippen molar-refractivity contribution in [3.63, 3.8) is 0 Å². The van der Waals surface area contributed by atoms with E-state index in [2.05, 4.69) is 0 Å². The Morgan fingerprint density at radius 2 is 2.19 bits per heavy atom. The molecule has 116 valence electrons. The molecule has 0 atom stereocenters. The molecule has 1 rings (SSSR count). The zero-order valence-corrected chi connectivity index (χ0v) is 13.8. The van der Waals surface area contributed by atoms with Gasteiger partial charge in [0.1, 0.15) is 4.21 Å². The van der Waals surface area contributed by atoms with E-state index in [1.807, 2.05) is 19.9 Å². The Kier molecular flexibility index (Phi) is 6.10. The number of hydrogen-bond donors (Lipinski definition) is 0. The van der Waals surface area contributed by atoms with Gasteiger partial charge < -0.3 is 0 Å². The zero-order chi connectivity index (χ0) is 16.2. The predicted molar refractivity (Wildman–Crippen MR) is 79.8 cm³/mol. The Morgan fingerprint density at radius 1 is 1.57 bits per heavy atom. The summed E-state index contributed by atoms with van der Waals surface area (Å²) in [5.74, 6) is 0.0592. The van der Waals surface area contributed by atoms with Gasteiger partial charge in [0.25, 0.3) is 15.7 Å². The smallest absolute Gasteiger partial charge is 0.258 e. The molecule has 10 heteroatoms. The minimum absolute atomic E-state index is 0.0420. The molecule has 0 aliphatic carbocycles. The summed E-state index contributed by atoms with van der Waals surface area (Å²) in [4.78, 5) is 10.0. The molecule has 0 amide bonds. The van der Waals surface area contributed by atoms with Crippen LogP contribution in [0.5, 0.6) is 0 Å². The highest BCUT2D eigenvalue weighted by atomic mass is 35.5. The van der Waals surface area contributed by atoms with Crippen LogP contribution in [0.1, 0.15) is 20.3 Å². The predicted octanol–water partition coefficient (Wildman–Crippen LogP) is 2.87. The van der Waals surface area contributed by atoms with Crippen LogP contribution < -0.4 is 0 Å². The first-order chi connectivity index (χ1) is 9.70. The van der Waals surface area contributed by atoms with Crippen LogP contribution in [-0.4, -0.2) is 30.7 Å². The highest BCUT2D eigenvalue weighted by Gasteiger charge is 2.30. The van der Waals surface area contributed by atoms with Crippen molar-refractivity contribution in [1.82, 2.24) is 4.31 Å². The Labute approximate surface area is 131 Å². The Balaban J connectivity index is 3.19. The third-order valence-electron chi connectivity index (χ3n) is 2.48. The van der Waals surface area contributed by atoms with Crippen LogP contribution in [-0.2, 0) is 10.0 Å². The molecule has 21 heavy (non-hydrogen) atoms. The summed E-state index contributed by atoms with van der Waals surface area (Å²) in [6.45, 7) is 3.96. The van der Waals surface area contributed by atoms with Gasteiger partial charge in [-0.05, 0) is 5.92 Å². The van der Waals surface area contributed by atoms with E-state index in [-0.39, 0.29) is 34.0 Å². The molecule has 0 saturated carbocycles. The number of rotatable bonds is 7. The van der Waals surface area contributed by atoms with Gasteiger partial charge in [0.05, 0.1) is 11.0 Å². The molecule has 0 aromatic carbocycles. The van der Waals surface area contributed by atoms with Gasteiger partial charge >= 0.3 is 0 Å². The molecule has 0 aliphatic rings. The van der Waals surface area contributed by atoms with E-state index in [0.29, 0.717) is 11.3 Å². The summed E-state index contributed by atoms with van der Waals surface area (Å²) in [6.07, 6.45) is 0.0488. The number of thiophene rings is 1. The van der Waals surface area contributed by atoms with E-state index in [4.69, 9.17) is 16.9 Å². The third-order valence-corrected chi connectivity index (χ3v) is 6.13. The lowest BCUT2D eigenvalue weighted by Gasteiger charge is -2.21. The summed E-state index contributed by atoms with van der Waals surface area (Å²) in [7, 11) is -3.89. The second-order valence-electron chi connectivity index (χ2n) is 4.65. The van der Waals surface area contributed by atoms with E-state index in [1.165, 1.54) is 0 Å². The standard InChI is InChI=1S/C11H14ClN3O4S2/c1-8(2)7-14(5-3-4-13)21(18,19)10-6-9(15(16)17)11(12)20-10/h6,8H,3,5,7H2,1-2H3. The number of halogens is 1. The van der Waals surface area contributed by atoms with Crippen LogP contribution in [0.15, 0.2) is 10.3 Å². The Hall–Kier alpha value is -1.21. The second kappa shape index (κ2) is 7.17. The van der Waals surface area contributed by atoms with Gasteiger partial charge in [0.2, 0.25) is 0 Å². The van der Waals surface area contributed by atoms with E-state index >= 15 is 0 Å². The fourth-order valence-corrected chi connectivity index (χ4v) is 5.03. The first-order valence-corrected chi connectivity index (χ1v) is 8.64. The Morgan fingerprint density at radius 3 is 2.62 bits per heavy atom. The van der Waals surface area contributed by atoms with Crippen LogP contribution in [0.3, 0.4) is 0 Å². The normalized spacial score (nSPS) is 11.8. The monoisotopic (exact) mass is 351 g/mol. The molecule has 1 aromatic rings. The van der Waals surface area contributed by atoms with Crippen molar-refractivity contribution in [2.75, 3.05) is 13.1 Å². The molecule has 0 aliphatic heterocycles. The third kappa shape index (κ3) is 4.38. The van der Waals surface area contributed by atoms with Gasteiger partial charge in [-0.15, -0.1) is 11.3 Å². The first kappa shape index (κ1) is 17.8.